The Balaban J connectivity index is 2.06. The van der Waals surface area contributed by atoms with E-state index in [1.54, 1.807) is 11.0 Å². The fourth-order valence-electron chi connectivity index (χ4n) is 3.81. The molecule has 1 fully saturated rings. The number of aryl methyl sites for hydroxylation is 1. The molecule has 6 nitrogen and oxygen atoms in total. The Labute approximate surface area is 167 Å². The Kier molecular flexibility index (Phi) is 8.03. The first-order chi connectivity index (χ1) is 13.3. The van der Waals surface area contributed by atoms with Gasteiger partial charge in [0.2, 0.25) is 5.91 Å². The second-order valence-electron chi connectivity index (χ2n) is 8.20. The minimum atomic E-state index is -0.799. The molecular weight excluding hydrogens is 356 g/mol. The smallest absolute Gasteiger partial charge is 0.303 e. The lowest BCUT2D eigenvalue weighted by atomic mass is 9.92. The second-order valence-corrected chi connectivity index (χ2v) is 8.20. The maximum atomic E-state index is 13.2. The molecule has 2 amide bonds. The molecule has 2 rings (SSSR count). The van der Waals surface area contributed by atoms with E-state index in [9.17, 15) is 14.4 Å². The minimum absolute atomic E-state index is 0.0596. The van der Waals surface area contributed by atoms with Gasteiger partial charge in [0.25, 0.3) is 5.91 Å². The molecule has 0 saturated carbocycles. The molecule has 1 aromatic carbocycles. The first kappa shape index (κ1) is 21.9. The molecule has 1 heterocycles. The largest absolute Gasteiger partial charge is 0.481 e. The zero-order chi connectivity index (χ0) is 20.7. The number of rotatable bonds is 8. The SMILES string of the molecule is Cc1ccccc1C(=O)NC(CC(C)C)C(=O)N1CCCC(CCC(=O)O)C1. The van der Waals surface area contributed by atoms with Gasteiger partial charge in [0, 0.05) is 25.1 Å². The summed E-state index contributed by atoms with van der Waals surface area (Å²) in [6, 6.07) is 6.79. The van der Waals surface area contributed by atoms with Gasteiger partial charge in [0.1, 0.15) is 6.04 Å². The van der Waals surface area contributed by atoms with Crippen LogP contribution >= 0.6 is 0 Å². The fraction of sp³-hybridized carbons (Fsp3) is 0.591. The quantitative estimate of drug-likeness (QED) is 0.716. The number of hydrogen-bond acceptors (Lipinski definition) is 3. The van der Waals surface area contributed by atoms with E-state index < -0.39 is 12.0 Å². The predicted octanol–water partition coefficient (Wildman–Crippen LogP) is 3.24. The van der Waals surface area contributed by atoms with Crippen molar-refractivity contribution in [3.63, 3.8) is 0 Å². The Hall–Kier alpha value is -2.37. The molecule has 28 heavy (non-hydrogen) atoms. The van der Waals surface area contributed by atoms with Crippen LogP contribution in [-0.4, -0.2) is 46.9 Å². The number of nitrogens with one attached hydrogen (secondary N) is 1. The highest BCUT2D eigenvalue weighted by atomic mass is 16.4. The Bertz CT molecular complexity index is 702. The third kappa shape index (κ3) is 6.36. The number of amides is 2. The Morgan fingerprint density at radius 1 is 1.25 bits per heavy atom. The molecule has 2 N–H and O–H groups in total. The predicted molar refractivity (Wildman–Crippen MR) is 108 cm³/mol. The summed E-state index contributed by atoms with van der Waals surface area (Å²) in [5, 5.41) is 11.9. The van der Waals surface area contributed by atoms with Crippen molar-refractivity contribution in [1.82, 2.24) is 10.2 Å². The lowest BCUT2D eigenvalue weighted by Crippen LogP contribution is -2.51. The number of likely N-dealkylation sites (tertiary alicyclic amines) is 1. The van der Waals surface area contributed by atoms with Gasteiger partial charge in [-0.05, 0) is 56.1 Å². The molecule has 1 aliphatic rings. The third-order valence-electron chi connectivity index (χ3n) is 5.30. The summed E-state index contributed by atoms with van der Waals surface area (Å²) in [5.41, 5.74) is 1.46. The Morgan fingerprint density at radius 3 is 2.61 bits per heavy atom. The van der Waals surface area contributed by atoms with Crippen molar-refractivity contribution in [3.05, 3.63) is 35.4 Å². The van der Waals surface area contributed by atoms with E-state index in [-0.39, 0.29) is 30.1 Å². The summed E-state index contributed by atoms with van der Waals surface area (Å²) < 4.78 is 0. The van der Waals surface area contributed by atoms with Crippen molar-refractivity contribution in [2.75, 3.05) is 13.1 Å². The van der Waals surface area contributed by atoms with Crippen LogP contribution in [0.15, 0.2) is 24.3 Å². The van der Waals surface area contributed by atoms with Gasteiger partial charge in [0.15, 0.2) is 0 Å². The first-order valence-corrected chi connectivity index (χ1v) is 10.1. The number of carbonyl (C=O) groups excluding carboxylic acids is 2. The summed E-state index contributed by atoms with van der Waals surface area (Å²) in [5.74, 6) is -0.613. The van der Waals surface area contributed by atoms with Gasteiger partial charge < -0.3 is 15.3 Å². The summed E-state index contributed by atoms with van der Waals surface area (Å²) in [6.45, 7) is 7.18. The molecule has 2 atom stereocenters. The molecule has 6 heteroatoms. The van der Waals surface area contributed by atoms with E-state index in [1.807, 2.05) is 39.0 Å². The number of carbonyl (C=O) groups is 3. The van der Waals surface area contributed by atoms with Crippen molar-refractivity contribution in [2.45, 2.75) is 58.9 Å². The van der Waals surface area contributed by atoms with Crippen LogP contribution in [0.25, 0.3) is 0 Å². The topological polar surface area (TPSA) is 86.7 Å². The number of piperidine rings is 1. The molecule has 2 unspecified atom stereocenters. The highest BCUT2D eigenvalue weighted by Gasteiger charge is 2.30. The second kappa shape index (κ2) is 10.2. The van der Waals surface area contributed by atoms with Crippen LogP contribution in [0.1, 0.15) is 61.9 Å². The molecule has 154 valence electrons. The molecule has 0 bridgehead atoms. The monoisotopic (exact) mass is 388 g/mol. The van der Waals surface area contributed by atoms with E-state index in [0.717, 1.165) is 18.4 Å². The number of aliphatic carboxylic acids is 1. The number of carboxylic acid groups (broad SMARTS) is 1. The number of hydrogen-bond donors (Lipinski definition) is 2. The van der Waals surface area contributed by atoms with E-state index in [2.05, 4.69) is 5.32 Å². The van der Waals surface area contributed by atoms with Gasteiger partial charge in [-0.25, -0.2) is 0 Å². The fourth-order valence-corrected chi connectivity index (χ4v) is 3.81. The van der Waals surface area contributed by atoms with Crippen LogP contribution in [-0.2, 0) is 9.59 Å². The highest BCUT2D eigenvalue weighted by Crippen LogP contribution is 2.22. The molecule has 1 aliphatic heterocycles. The van der Waals surface area contributed by atoms with Crippen LogP contribution in [0.3, 0.4) is 0 Å². The third-order valence-corrected chi connectivity index (χ3v) is 5.30. The zero-order valence-electron chi connectivity index (χ0n) is 17.1. The Morgan fingerprint density at radius 2 is 1.96 bits per heavy atom. The summed E-state index contributed by atoms with van der Waals surface area (Å²) in [7, 11) is 0. The highest BCUT2D eigenvalue weighted by molar-refractivity contribution is 5.98. The summed E-state index contributed by atoms with van der Waals surface area (Å²) in [6.07, 6.45) is 3.11. The number of benzene rings is 1. The van der Waals surface area contributed by atoms with Crippen LogP contribution in [0, 0.1) is 18.8 Å². The molecule has 0 aromatic heterocycles. The average molecular weight is 389 g/mol. The molecular formula is C22H32N2O4. The molecule has 1 aromatic rings. The van der Waals surface area contributed by atoms with Gasteiger partial charge in [-0.1, -0.05) is 32.0 Å². The standard InChI is InChI=1S/C22H32N2O4/c1-15(2)13-19(23-21(27)18-9-5-4-7-16(18)3)22(28)24-12-6-8-17(14-24)10-11-20(25)26/h4-5,7,9,15,17,19H,6,8,10-14H2,1-3H3,(H,23,27)(H,25,26). The van der Waals surface area contributed by atoms with E-state index in [1.165, 1.54) is 0 Å². The lowest BCUT2D eigenvalue weighted by molar-refractivity contribution is -0.137. The van der Waals surface area contributed by atoms with Crippen molar-refractivity contribution >= 4 is 17.8 Å². The summed E-state index contributed by atoms with van der Waals surface area (Å²) >= 11 is 0. The van der Waals surface area contributed by atoms with Gasteiger partial charge in [-0.3, -0.25) is 14.4 Å². The normalized spacial score (nSPS) is 18.0. The van der Waals surface area contributed by atoms with Crippen LogP contribution in [0.5, 0.6) is 0 Å². The molecule has 0 radical (unpaired) electrons. The van der Waals surface area contributed by atoms with Gasteiger partial charge in [-0.2, -0.15) is 0 Å². The number of nitrogens with zero attached hydrogens (tertiary/aromatic N) is 1. The molecule has 0 spiro atoms. The van der Waals surface area contributed by atoms with Crippen molar-refractivity contribution in [3.8, 4) is 0 Å². The van der Waals surface area contributed by atoms with E-state index in [4.69, 9.17) is 5.11 Å². The summed E-state index contributed by atoms with van der Waals surface area (Å²) in [4.78, 5) is 38.6. The zero-order valence-corrected chi connectivity index (χ0v) is 17.1. The van der Waals surface area contributed by atoms with Crippen LogP contribution < -0.4 is 5.32 Å². The van der Waals surface area contributed by atoms with Gasteiger partial charge >= 0.3 is 5.97 Å². The average Bonchev–Trinajstić information content (AvgIpc) is 2.65. The lowest BCUT2D eigenvalue weighted by Gasteiger charge is -2.35. The van der Waals surface area contributed by atoms with Crippen molar-refractivity contribution in [1.29, 1.82) is 0 Å². The van der Waals surface area contributed by atoms with Crippen molar-refractivity contribution in [2.24, 2.45) is 11.8 Å². The van der Waals surface area contributed by atoms with Crippen molar-refractivity contribution < 1.29 is 19.5 Å². The first-order valence-electron chi connectivity index (χ1n) is 10.1. The molecule has 1 saturated heterocycles. The van der Waals surface area contributed by atoms with Crippen LogP contribution in [0.4, 0.5) is 0 Å². The molecule has 0 aliphatic carbocycles. The van der Waals surface area contributed by atoms with Crippen LogP contribution in [0.2, 0.25) is 0 Å². The van der Waals surface area contributed by atoms with E-state index >= 15 is 0 Å². The maximum Gasteiger partial charge on any atom is 0.303 e. The van der Waals surface area contributed by atoms with E-state index in [0.29, 0.717) is 31.5 Å². The van der Waals surface area contributed by atoms with Gasteiger partial charge in [0.05, 0.1) is 0 Å². The van der Waals surface area contributed by atoms with Gasteiger partial charge in [-0.15, -0.1) is 0 Å². The minimum Gasteiger partial charge on any atom is -0.481 e. The number of carboxylic acids is 1. The maximum absolute atomic E-state index is 13.2.